The molecule has 0 aliphatic heterocycles. The summed E-state index contributed by atoms with van der Waals surface area (Å²) in [6.07, 6.45) is 3.67. The zero-order valence-corrected chi connectivity index (χ0v) is 13.3. The van der Waals surface area contributed by atoms with Crippen molar-refractivity contribution in [1.29, 1.82) is 0 Å². The van der Waals surface area contributed by atoms with Crippen LogP contribution in [0.25, 0.3) is 0 Å². The highest BCUT2D eigenvalue weighted by molar-refractivity contribution is 9.10. The van der Waals surface area contributed by atoms with Crippen molar-refractivity contribution in [3.63, 3.8) is 0 Å². The van der Waals surface area contributed by atoms with Gasteiger partial charge in [0.25, 0.3) is 0 Å². The lowest BCUT2D eigenvalue weighted by Crippen LogP contribution is -2.57. The van der Waals surface area contributed by atoms with E-state index in [9.17, 15) is 14.7 Å². The van der Waals surface area contributed by atoms with Crippen LogP contribution in [0.1, 0.15) is 37.7 Å². The van der Waals surface area contributed by atoms with Crippen molar-refractivity contribution in [2.75, 3.05) is 0 Å². The molecule has 0 unspecified atom stereocenters. The van der Waals surface area contributed by atoms with Gasteiger partial charge in [-0.25, -0.2) is 9.59 Å². The van der Waals surface area contributed by atoms with Gasteiger partial charge in [-0.1, -0.05) is 53.4 Å². The second kappa shape index (κ2) is 6.93. The Kier molecular flexibility index (Phi) is 5.22. The summed E-state index contributed by atoms with van der Waals surface area (Å²) < 4.78 is 0.913. The Hall–Kier alpha value is -1.56. The van der Waals surface area contributed by atoms with Gasteiger partial charge in [-0.05, 0) is 24.5 Å². The summed E-state index contributed by atoms with van der Waals surface area (Å²) in [6.45, 7) is 0.350. The third-order valence-corrected chi connectivity index (χ3v) is 4.64. The standard InChI is InChI=1S/C15H19BrN2O3/c16-12-7-3-2-6-11(12)10-17-14(21)18-15(13(19)20)8-4-1-5-9-15/h2-3,6-7H,1,4-5,8-10H2,(H,19,20)(H2,17,18,21). The van der Waals surface area contributed by atoms with E-state index < -0.39 is 17.5 Å². The molecule has 5 nitrogen and oxygen atoms in total. The molecular formula is C15H19BrN2O3. The van der Waals surface area contributed by atoms with Gasteiger partial charge in [-0.2, -0.15) is 0 Å². The number of carbonyl (C=O) groups excluding carboxylic acids is 1. The number of carboxylic acids is 1. The first-order valence-electron chi connectivity index (χ1n) is 7.06. The van der Waals surface area contributed by atoms with Crippen LogP contribution in [0.4, 0.5) is 4.79 Å². The van der Waals surface area contributed by atoms with Crippen LogP contribution in [-0.4, -0.2) is 22.6 Å². The Morgan fingerprint density at radius 1 is 1.19 bits per heavy atom. The van der Waals surface area contributed by atoms with Crippen LogP contribution in [-0.2, 0) is 11.3 Å². The fourth-order valence-electron chi connectivity index (χ4n) is 2.63. The van der Waals surface area contributed by atoms with E-state index in [1.54, 1.807) is 0 Å². The smallest absolute Gasteiger partial charge is 0.329 e. The molecule has 0 bridgehead atoms. The van der Waals surface area contributed by atoms with Crippen molar-refractivity contribution in [1.82, 2.24) is 10.6 Å². The third-order valence-electron chi connectivity index (χ3n) is 3.87. The molecule has 0 heterocycles. The maximum absolute atomic E-state index is 12.0. The first-order chi connectivity index (χ1) is 10.0. The Morgan fingerprint density at radius 3 is 2.48 bits per heavy atom. The highest BCUT2D eigenvalue weighted by atomic mass is 79.9. The zero-order chi connectivity index (χ0) is 15.3. The molecule has 0 aromatic heterocycles. The first kappa shape index (κ1) is 15.8. The lowest BCUT2D eigenvalue weighted by Gasteiger charge is -2.33. The number of hydrogen-bond donors (Lipinski definition) is 3. The monoisotopic (exact) mass is 354 g/mol. The van der Waals surface area contributed by atoms with Gasteiger partial charge in [0.2, 0.25) is 0 Å². The molecule has 1 aliphatic rings. The van der Waals surface area contributed by atoms with E-state index in [-0.39, 0.29) is 0 Å². The second-order valence-corrected chi connectivity index (χ2v) is 6.20. The summed E-state index contributed by atoms with van der Waals surface area (Å²) >= 11 is 3.41. The average molecular weight is 355 g/mol. The van der Waals surface area contributed by atoms with Crippen molar-refractivity contribution in [3.8, 4) is 0 Å². The molecule has 2 amide bonds. The summed E-state index contributed by atoms with van der Waals surface area (Å²) in [5.41, 5.74) is -0.170. The Labute approximate surface area is 132 Å². The lowest BCUT2D eigenvalue weighted by atomic mass is 9.82. The maximum Gasteiger partial charge on any atom is 0.329 e. The number of halogens is 1. The maximum atomic E-state index is 12.0. The van der Waals surface area contributed by atoms with E-state index in [0.29, 0.717) is 19.4 Å². The predicted molar refractivity (Wildman–Crippen MR) is 83.0 cm³/mol. The van der Waals surface area contributed by atoms with Crippen molar-refractivity contribution >= 4 is 27.9 Å². The van der Waals surface area contributed by atoms with Gasteiger partial charge >= 0.3 is 12.0 Å². The molecule has 1 aromatic carbocycles. The Bertz CT molecular complexity index is 527. The number of rotatable bonds is 4. The molecule has 1 aliphatic carbocycles. The number of carboxylic acid groups (broad SMARTS) is 1. The van der Waals surface area contributed by atoms with Gasteiger partial charge in [0, 0.05) is 11.0 Å². The number of nitrogens with one attached hydrogen (secondary N) is 2. The highest BCUT2D eigenvalue weighted by Gasteiger charge is 2.40. The summed E-state index contributed by atoms with van der Waals surface area (Å²) in [5, 5.41) is 14.8. The van der Waals surface area contributed by atoms with Gasteiger partial charge in [0.15, 0.2) is 0 Å². The number of carbonyl (C=O) groups is 2. The fourth-order valence-corrected chi connectivity index (χ4v) is 3.05. The van der Waals surface area contributed by atoms with Gasteiger partial charge in [0.05, 0.1) is 0 Å². The predicted octanol–water partition coefficient (Wildman–Crippen LogP) is 3.04. The van der Waals surface area contributed by atoms with Crippen LogP contribution in [0, 0.1) is 0 Å². The molecule has 114 valence electrons. The van der Waals surface area contributed by atoms with Crippen LogP contribution in [0.5, 0.6) is 0 Å². The molecule has 0 radical (unpaired) electrons. The SMILES string of the molecule is O=C(NCc1ccccc1Br)NC1(C(=O)O)CCCCC1. The number of urea groups is 1. The zero-order valence-electron chi connectivity index (χ0n) is 11.7. The second-order valence-electron chi connectivity index (χ2n) is 5.35. The minimum Gasteiger partial charge on any atom is -0.480 e. The fraction of sp³-hybridized carbons (Fsp3) is 0.467. The number of hydrogen-bond acceptors (Lipinski definition) is 2. The van der Waals surface area contributed by atoms with Gasteiger partial charge in [0.1, 0.15) is 5.54 Å². The molecule has 21 heavy (non-hydrogen) atoms. The summed E-state index contributed by atoms with van der Waals surface area (Å²) in [7, 11) is 0. The summed E-state index contributed by atoms with van der Waals surface area (Å²) in [6, 6.07) is 7.15. The lowest BCUT2D eigenvalue weighted by molar-refractivity contribution is -0.145. The highest BCUT2D eigenvalue weighted by Crippen LogP contribution is 2.28. The van der Waals surface area contributed by atoms with Crippen LogP contribution < -0.4 is 10.6 Å². The van der Waals surface area contributed by atoms with Gasteiger partial charge in [-0.15, -0.1) is 0 Å². The Morgan fingerprint density at radius 2 is 1.86 bits per heavy atom. The van der Waals surface area contributed by atoms with Crippen LogP contribution >= 0.6 is 15.9 Å². The topological polar surface area (TPSA) is 78.4 Å². The van der Waals surface area contributed by atoms with E-state index >= 15 is 0 Å². The molecule has 6 heteroatoms. The number of benzene rings is 1. The van der Waals surface area contributed by atoms with E-state index in [0.717, 1.165) is 29.3 Å². The molecule has 0 saturated heterocycles. The summed E-state index contributed by atoms with van der Waals surface area (Å²) in [4.78, 5) is 23.5. The van der Waals surface area contributed by atoms with E-state index in [4.69, 9.17) is 0 Å². The minimum absolute atomic E-state index is 0.350. The Balaban J connectivity index is 1.94. The molecular weight excluding hydrogens is 336 g/mol. The third kappa shape index (κ3) is 3.97. The molecule has 3 N–H and O–H groups in total. The quantitative estimate of drug-likeness (QED) is 0.777. The van der Waals surface area contributed by atoms with Crippen molar-refractivity contribution < 1.29 is 14.7 Å². The number of aliphatic carboxylic acids is 1. The van der Waals surface area contributed by atoms with E-state index in [2.05, 4.69) is 26.6 Å². The van der Waals surface area contributed by atoms with Crippen LogP contribution in [0.3, 0.4) is 0 Å². The largest absolute Gasteiger partial charge is 0.480 e. The molecule has 0 atom stereocenters. The first-order valence-corrected chi connectivity index (χ1v) is 7.86. The summed E-state index contributed by atoms with van der Waals surface area (Å²) in [5.74, 6) is -0.946. The molecule has 0 spiro atoms. The van der Waals surface area contributed by atoms with Crippen LogP contribution in [0.15, 0.2) is 28.7 Å². The van der Waals surface area contributed by atoms with E-state index in [1.165, 1.54) is 0 Å². The average Bonchev–Trinajstić information content (AvgIpc) is 2.47. The van der Waals surface area contributed by atoms with E-state index in [1.807, 2.05) is 24.3 Å². The molecule has 1 aromatic rings. The van der Waals surface area contributed by atoms with Gasteiger partial charge in [-0.3, -0.25) is 0 Å². The van der Waals surface area contributed by atoms with Crippen molar-refractivity contribution in [2.45, 2.75) is 44.2 Å². The molecule has 1 saturated carbocycles. The van der Waals surface area contributed by atoms with Crippen molar-refractivity contribution in [3.05, 3.63) is 34.3 Å². The molecule has 2 rings (SSSR count). The minimum atomic E-state index is -1.11. The molecule has 1 fully saturated rings. The normalized spacial score (nSPS) is 17.0. The van der Waals surface area contributed by atoms with Crippen LogP contribution in [0.2, 0.25) is 0 Å². The van der Waals surface area contributed by atoms with Crippen molar-refractivity contribution in [2.24, 2.45) is 0 Å². The van der Waals surface area contributed by atoms with Gasteiger partial charge < -0.3 is 15.7 Å². The number of amides is 2.